The van der Waals surface area contributed by atoms with Gasteiger partial charge in [0.1, 0.15) is 46.0 Å². The average molecular weight is 737 g/mol. The maximum atomic E-state index is 13.7. The van der Waals surface area contributed by atoms with Gasteiger partial charge in [-0.1, -0.05) is 0 Å². The highest BCUT2D eigenvalue weighted by atomic mass is 16.6. The normalized spacial score (nSPS) is 10.9. The minimum absolute atomic E-state index is 0.0494. The Morgan fingerprint density at radius 3 is 1.15 bits per heavy atom. The smallest absolute Gasteiger partial charge is 0.343 e. The number of aromatic hydroxyl groups is 4. The summed E-state index contributed by atoms with van der Waals surface area (Å²) in [6.45, 7) is 1.73. The van der Waals surface area contributed by atoms with E-state index < -0.39 is 23.9 Å². The zero-order valence-electron chi connectivity index (χ0n) is 28.7. The molecule has 0 aliphatic rings. The largest absolute Gasteiger partial charge is 0.508 e. The van der Waals surface area contributed by atoms with Crippen molar-refractivity contribution in [3.8, 4) is 46.0 Å². The molecule has 0 radical (unpaired) electrons. The first-order chi connectivity index (χ1) is 26.4. The van der Waals surface area contributed by atoms with Crippen molar-refractivity contribution < 1.29 is 58.6 Å². The van der Waals surface area contributed by atoms with E-state index >= 15 is 0 Å². The maximum Gasteiger partial charge on any atom is 0.343 e. The number of esters is 4. The number of aryl methyl sites for hydroxylation is 1. The van der Waals surface area contributed by atoms with Crippen LogP contribution in [-0.2, 0) is 0 Å². The molecule has 0 aliphatic carbocycles. The van der Waals surface area contributed by atoms with Gasteiger partial charge in [0.05, 0.1) is 22.3 Å². The van der Waals surface area contributed by atoms with Crippen molar-refractivity contribution in [1.82, 2.24) is 0 Å². The lowest BCUT2D eigenvalue weighted by Crippen LogP contribution is -2.12. The molecule has 0 amide bonds. The van der Waals surface area contributed by atoms with Crippen LogP contribution >= 0.6 is 0 Å². The Labute approximate surface area is 311 Å². The number of carbonyl (C=O) groups excluding carboxylic acids is 4. The molecule has 0 aliphatic heterocycles. The zero-order valence-corrected chi connectivity index (χ0v) is 28.7. The van der Waals surface area contributed by atoms with Crippen molar-refractivity contribution in [2.45, 2.75) is 6.92 Å². The van der Waals surface area contributed by atoms with Gasteiger partial charge in [0.2, 0.25) is 0 Å². The van der Waals surface area contributed by atoms with E-state index in [1.165, 1.54) is 109 Å². The first-order valence-corrected chi connectivity index (χ1v) is 16.5. The van der Waals surface area contributed by atoms with E-state index in [0.717, 1.165) is 0 Å². The van der Waals surface area contributed by atoms with Crippen LogP contribution in [0.15, 0.2) is 127 Å². The molecule has 0 saturated carbocycles. The molecule has 0 aromatic heterocycles. The molecule has 0 spiro atoms. The van der Waals surface area contributed by atoms with Crippen LogP contribution in [0.3, 0.4) is 0 Å². The highest BCUT2D eigenvalue weighted by Gasteiger charge is 2.24. The third-order valence-corrected chi connectivity index (χ3v) is 8.40. The van der Waals surface area contributed by atoms with Crippen molar-refractivity contribution in [3.63, 3.8) is 0 Å². The van der Waals surface area contributed by atoms with Gasteiger partial charge in [0.25, 0.3) is 0 Å². The van der Waals surface area contributed by atoms with Crippen molar-refractivity contribution in [2.24, 2.45) is 0 Å². The van der Waals surface area contributed by atoms with Crippen LogP contribution in [0.5, 0.6) is 46.0 Å². The summed E-state index contributed by atoms with van der Waals surface area (Å²) in [6.07, 6.45) is 0. The summed E-state index contributed by atoms with van der Waals surface area (Å²) in [7, 11) is 0. The monoisotopic (exact) mass is 736 g/mol. The number of hydrogen-bond donors (Lipinski definition) is 4. The fraction of sp³-hybridized carbons (Fsp3) is 0.0233. The second-order valence-corrected chi connectivity index (χ2v) is 12.3. The molecule has 12 heteroatoms. The Bertz CT molecular complexity index is 2630. The molecular formula is C43H28O12. The lowest BCUT2D eigenvalue weighted by atomic mass is 9.98. The van der Waals surface area contributed by atoms with Crippen molar-refractivity contribution in [1.29, 1.82) is 0 Å². The molecular weight excluding hydrogens is 708 g/mol. The van der Waals surface area contributed by atoms with E-state index in [1.807, 2.05) is 0 Å². The molecule has 4 N–H and O–H groups in total. The summed E-state index contributed by atoms with van der Waals surface area (Å²) in [5, 5.41) is 39.9. The number of fused-ring (bicyclic) bond motifs is 2. The standard InChI is InChI=1S/C43H28O12/c1-23-18-35-33(37(19-23)53-41(49)25-4-12-29(45)13-5-25)22-34-36(39(35)55-43(51)27-8-16-31(47)17-9-27)20-32(52-40(48)24-2-10-28(44)11-3-24)21-38(34)54-42(50)26-6-14-30(46)15-7-26/h2-22,44-47H,1H3. The van der Waals surface area contributed by atoms with E-state index in [2.05, 4.69) is 0 Å². The molecule has 0 fully saturated rings. The minimum Gasteiger partial charge on any atom is -0.508 e. The van der Waals surface area contributed by atoms with Crippen molar-refractivity contribution in [3.05, 3.63) is 155 Å². The van der Waals surface area contributed by atoms with Crippen LogP contribution in [0.2, 0.25) is 0 Å². The molecule has 0 bridgehead atoms. The molecule has 7 aromatic rings. The Kier molecular flexibility index (Phi) is 9.46. The highest BCUT2D eigenvalue weighted by molar-refractivity contribution is 6.13. The molecule has 0 heterocycles. The van der Waals surface area contributed by atoms with Crippen LogP contribution < -0.4 is 18.9 Å². The Hall–Kier alpha value is -7.86. The predicted molar refractivity (Wildman–Crippen MR) is 198 cm³/mol. The molecule has 272 valence electrons. The number of hydrogen-bond acceptors (Lipinski definition) is 12. The van der Waals surface area contributed by atoms with Crippen molar-refractivity contribution in [2.75, 3.05) is 0 Å². The Balaban J connectivity index is 1.44. The van der Waals surface area contributed by atoms with E-state index in [4.69, 9.17) is 18.9 Å². The Morgan fingerprint density at radius 1 is 0.382 bits per heavy atom. The number of ether oxygens (including phenoxy) is 4. The number of rotatable bonds is 8. The van der Waals surface area contributed by atoms with Crippen LogP contribution in [0.4, 0.5) is 0 Å². The van der Waals surface area contributed by atoms with Gasteiger partial charge < -0.3 is 39.4 Å². The van der Waals surface area contributed by atoms with E-state index in [-0.39, 0.29) is 89.8 Å². The summed E-state index contributed by atoms with van der Waals surface area (Å²) in [4.78, 5) is 53.8. The van der Waals surface area contributed by atoms with Crippen LogP contribution in [0.25, 0.3) is 21.5 Å². The van der Waals surface area contributed by atoms with Gasteiger partial charge in [-0.25, -0.2) is 19.2 Å². The fourth-order valence-corrected chi connectivity index (χ4v) is 5.69. The number of phenolic OH excluding ortho intramolecular Hbond substituents is 4. The SMILES string of the molecule is Cc1cc(OC(=O)c2ccc(O)cc2)c2cc3c(OC(=O)c4ccc(O)cc4)cc(OC(=O)c4ccc(O)cc4)cc3c(OC(=O)c3ccc(O)cc3)c2c1. The van der Waals surface area contributed by atoms with E-state index in [0.29, 0.717) is 5.56 Å². The topological polar surface area (TPSA) is 186 Å². The van der Waals surface area contributed by atoms with Crippen LogP contribution in [0.1, 0.15) is 47.0 Å². The number of benzene rings is 7. The highest BCUT2D eigenvalue weighted by Crippen LogP contribution is 2.45. The lowest BCUT2D eigenvalue weighted by molar-refractivity contribution is 0.0719. The van der Waals surface area contributed by atoms with Gasteiger partial charge in [-0.3, -0.25) is 0 Å². The average Bonchev–Trinajstić information content (AvgIpc) is 3.16. The maximum absolute atomic E-state index is 13.7. The Morgan fingerprint density at radius 2 is 0.727 bits per heavy atom. The number of phenols is 4. The third-order valence-electron chi connectivity index (χ3n) is 8.40. The van der Waals surface area contributed by atoms with Gasteiger partial charge in [-0.15, -0.1) is 0 Å². The molecule has 12 nitrogen and oxygen atoms in total. The van der Waals surface area contributed by atoms with Crippen molar-refractivity contribution >= 4 is 45.4 Å². The van der Waals surface area contributed by atoms with Gasteiger partial charge in [0.15, 0.2) is 0 Å². The second kappa shape index (κ2) is 14.6. The summed E-state index contributed by atoms with van der Waals surface area (Å²) in [6, 6.07) is 28.9. The van der Waals surface area contributed by atoms with E-state index in [1.54, 1.807) is 25.1 Å². The van der Waals surface area contributed by atoms with Gasteiger partial charge in [-0.2, -0.15) is 0 Å². The minimum atomic E-state index is -0.853. The third kappa shape index (κ3) is 7.69. The van der Waals surface area contributed by atoms with E-state index in [9.17, 15) is 39.6 Å². The quantitative estimate of drug-likeness (QED) is 0.0670. The van der Waals surface area contributed by atoms with Crippen LogP contribution in [0, 0.1) is 6.92 Å². The molecule has 0 unspecified atom stereocenters. The first kappa shape index (κ1) is 35.5. The number of carbonyl (C=O) groups is 4. The predicted octanol–water partition coefficient (Wildman–Crippen LogP) is 8.00. The van der Waals surface area contributed by atoms with Crippen LogP contribution in [-0.4, -0.2) is 44.3 Å². The lowest BCUT2D eigenvalue weighted by Gasteiger charge is -2.18. The summed E-state index contributed by atoms with van der Waals surface area (Å²) >= 11 is 0. The molecule has 0 saturated heterocycles. The summed E-state index contributed by atoms with van der Waals surface area (Å²) < 4.78 is 23.5. The zero-order chi connectivity index (χ0) is 38.8. The summed E-state index contributed by atoms with van der Waals surface area (Å²) in [5.74, 6) is -3.85. The van der Waals surface area contributed by atoms with Gasteiger partial charge in [-0.05, 0) is 134 Å². The molecule has 7 rings (SSSR count). The molecule has 0 atom stereocenters. The second-order valence-electron chi connectivity index (χ2n) is 12.3. The fourth-order valence-electron chi connectivity index (χ4n) is 5.69. The van der Waals surface area contributed by atoms with Gasteiger partial charge >= 0.3 is 23.9 Å². The van der Waals surface area contributed by atoms with Gasteiger partial charge in [0, 0.05) is 27.6 Å². The summed E-state index contributed by atoms with van der Waals surface area (Å²) in [5.41, 5.74) is 0.959. The first-order valence-electron chi connectivity index (χ1n) is 16.5. The molecule has 7 aromatic carbocycles. The molecule has 55 heavy (non-hydrogen) atoms.